The molecule has 160 valence electrons. The molecule has 0 fully saturated rings. The Morgan fingerprint density at radius 1 is 1.10 bits per heavy atom. The molecule has 1 heterocycles. The predicted octanol–water partition coefficient (Wildman–Crippen LogP) is 4.71. The first kappa shape index (κ1) is 21.7. The fourth-order valence-corrected chi connectivity index (χ4v) is 3.40. The molecule has 2 N–H and O–H groups in total. The van der Waals surface area contributed by atoms with Gasteiger partial charge in [-0.3, -0.25) is 0 Å². The van der Waals surface area contributed by atoms with E-state index in [1.54, 1.807) is 7.11 Å². The van der Waals surface area contributed by atoms with Crippen LogP contribution in [0.4, 0.5) is 0 Å². The van der Waals surface area contributed by atoms with Crippen LogP contribution >= 0.6 is 0 Å². The summed E-state index contributed by atoms with van der Waals surface area (Å²) in [5.41, 5.74) is 2.65. The third-order valence-corrected chi connectivity index (χ3v) is 5.16. The number of hydrogen-bond acceptors (Lipinski definition) is 6. The summed E-state index contributed by atoms with van der Waals surface area (Å²) in [5, 5.41) is 14.4. The summed E-state index contributed by atoms with van der Waals surface area (Å²) in [4.78, 5) is 12.0. The van der Waals surface area contributed by atoms with Crippen LogP contribution in [0.25, 0.3) is 11.0 Å². The van der Waals surface area contributed by atoms with Crippen molar-refractivity contribution in [2.24, 2.45) is 0 Å². The van der Waals surface area contributed by atoms with Crippen molar-refractivity contribution in [3.63, 3.8) is 0 Å². The molecule has 0 saturated carbocycles. The molecule has 1 unspecified atom stereocenters. The fourth-order valence-electron chi connectivity index (χ4n) is 3.40. The van der Waals surface area contributed by atoms with Crippen molar-refractivity contribution in [3.05, 3.63) is 63.5 Å². The molecule has 6 nitrogen and oxygen atoms in total. The average molecular weight is 411 g/mol. The van der Waals surface area contributed by atoms with Gasteiger partial charge in [0.2, 0.25) is 0 Å². The zero-order valence-corrected chi connectivity index (χ0v) is 18.0. The van der Waals surface area contributed by atoms with Crippen LogP contribution in [0.2, 0.25) is 0 Å². The van der Waals surface area contributed by atoms with E-state index in [2.05, 4.69) is 19.2 Å². The summed E-state index contributed by atoms with van der Waals surface area (Å²) in [7, 11) is 1.63. The number of ether oxygens (including phenoxy) is 2. The quantitative estimate of drug-likeness (QED) is 0.497. The lowest BCUT2D eigenvalue weighted by atomic mass is 10.0. The number of aryl methyl sites for hydroxylation is 1. The van der Waals surface area contributed by atoms with Crippen LogP contribution in [-0.4, -0.2) is 18.8 Å². The van der Waals surface area contributed by atoms with Crippen LogP contribution < -0.4 is 20.4 Å². The second-order valence-corrected chi connectivity index (χ2v) is 7.28. The summed E-state index contributed by atoms with van der Waals surface area (Å²) < 4.78 is 16.5. The minimum absolute atomic E-state index is 0.0178. The molecule has 2 aromatic carbocycles. The van der Waals surface area contributed by atoms with Gasteiger partial charge in [0, 0.05) is 30.1 Å². The molecule has 3 aromatic rings. The van der Waals surface area contributed by atoms with E-state index in [4.69, 9.17) is 13.9 Å². The predicted molar refractivity (Wildman–Crippen MR) is 118 cm³/mol. The third kappa shape index (κ3) is 4.76. The van der Waals surface area contributed by atoms with Gasteiger partial charge in [-0.15, -0.1) is 0 Å². The number of phenols is 1. The van der Waals surface area contributed by atoms with E-state index in [0.717, 1.165) is 34.2 Å². The molecule has 0 bridgehead atoms. The highest BCUT2D eigenvalue weighted by Gasteiger charge is 2.13. The molecule has 0 amide bonds. The second kappa shape index (κ2) is 9.67. The van der Waals surface area contributed by atoms with Crippen LogP contribution in [-0.2, 0) is 13.0 Å². The zero-order chi connectivity index (χ0) is 21.7. The van der Waals surface area contributed by atoms with Gasteiger partial charge in [-0.25, -0.2) is 4.79 Å². The maximum atomic E-state index is 12.0. The van der Waals surface area contributed by atoms with Crippen molar-refractivity contribution in [2.45, 2.75) is 46.2 Å². The average Bonchev–Trinajstić information content (AvgIpc) is 2.75. The Balaban J connectivity index is 1.83. The lowest BCUT2D eigenvalue weighted by molar-refractivity contribution is 0.294. The summed E-state index contributed by atoms with van der Waals surface area (Å²) in [6.07, 6.45) is 1.62. The van der Waals surface area contributed by atoms with Gasteiger partial charge in [-0.1, -0.05) is 19.9 Å². The number of methoxy groups -OCH3 is 1. The lowest BCUT2D eigenvalue weighted by Gasteiger charge is -2.18. The molecule has 0 aliphatic carbocycles. The number of aromatic hydroxyl groups is 1. The molecule has 0 aliphatic rings. The molecular weight excluding hydrogens is 382 g/mol. The number of fused-ring (bicyclic) bond motifs is 1. The molecule has 3 rings (SSSR count). The first-order chi connectivity index (χ1) is 14.5. The molecule has 0 spiro atoms. The van der Waals surface area contributed by atoms with E-state index >= 15 is 0 Å². The molecule has 6 heteroatoms. The largest absolute Gasteiger partial charge is 0.508 e. The molecule has 0 saturated heterocycles. The Kier molecular flexibility index (Phi) is 7.00. The normalized spacial score (nSPS) is 12.1. The van der Waals surface area contributed by atoms with Crippen molar-refractivity contribution in [3.8, 4) is 17.2 Å². The second-order valence-electron chi connectivity index (χ2n) is 7.28. The van der Waals surface area contributed by atoms with Gasteiger partial charge in [-0.05, 0) is 54.7 Å². The third-order valence-electron chi connectivity index (χ3n) is 5.16. The lowest BCUT2D eigenvalue weighted by Crippen LogP contribution is -2.19. The van der Waals surface area contributed by atoms with Gasteiger partial charge in [0.05, 0.1) is 13.7 Å². The number of hydrogen-bond donors (Lipinski definition) is 2. The molecule has 1 aromatic heterocycles. The fraction of sp³-hybridized carbons (Fsp3) is 0.375. The SMILES string of the molecule is CCCOc1ccc(C(C)NCc2cc(=O)oc3cc(O)c(CC)cc23)cc1OC. The standard InChI is InChI=1S/C24H29NO5/c1-5-9-29-21-8-7-17(11-23(21)28-4)15(3)25-14-18-12-24(27)30-22-13-20(26)16(6-2)10-19(18)22/h7-8,10-13,15,25-26H,5-6,9,14H2,1-4H3. The molecular formula is C24H29NO5. The first-order valence-corrected chi connectivity index (χ1v) is 10.3. The number of nitrogens with one attached hydrogen (secondary N) is 1. The first-order valence-electron chi connectivity index (χ1n) is 10.3. The van der Waals surface area contributed by atoms with E-state index in [9.17, 15) is 9.90 Å². The Morgan fingerprint density at radius 3 is 2.60 bits per heavy atom. The smallest absolute Gasteiger partial charge is 0.336 e. The van der Waals surface area contributed by atoms with Gasteiger partial charge in [0.1, 0.15) is 11.3 Å². The molecule has 0 radical (unpaired) electrons. The highest BCUT2D eigenvalue weighted by Crippen LogP contribution is 2.31. The van der Waals surface area contributed by atoms with Gasteiger partial charge < -0.3 is 24.3 Å². The highest BCUT2D eigenvalue weighted by atomic mass is 16.5. The Bertz CT molecular complexity index is 1070. The van der Waals surface area contributed by atoms with Gasteiger partial charge in [0.15, 0.2) is 11.5 Å². The van der Waals surface area contributed by atoms with E-state index < -0.39 is 5.63 Å². The van der Waals surface area contributed by atoms with Gasteiger partial charge in [0.25, 0.3) is 0 Å². The minimum atomic E-state index is -0.435. The number of phenolic OH excluding ortho intramolecular Hbond substituents is 1. The van der Waals surface area contributed by atoms with Crippen LogP contribution in [0.1, 0.15) is 49.9 Å². The van der Waals surface area contributed by atoms with Crippen molar-refractivity contribution < 1.29 is 19.0 Å². The van der Waals surface area contributed by atoms with Crippen molar-refractivity contribution in [1.82, 2.24) is 5.32 Å². The Hall–Kier alpha value is -2.99. The Morgan fingerprint density at radius 2 is 1.90 bits per heavy atom. The molecule has 0 aliphatic heterocycles. The highest BCUT2D eigenvalue weighted by molar-refractivity contribution is 5.82. The van der Waals surface area contributed by atoms with Crippen molar-refractivity contribution >= 4 is 11.0 Å². The van der Waals surface area contributed by atoms with Crippen LogP contribution in [0.15, 0.2) is 45.6 Å². The van der Waals surface area contributed by atoms with Crippen LogP contribution in [0.3, 0.4) is 0 Å². The number of benzene rings is 2. The maximum Gasteiger partial charge on any atom is 0.336 e. The molecule has 1 atom stereocenters. The van der Waals surface area contributed by atoms with E-state index in [0.29, 0.717) is 30.9 Å². The van der Waals surface area contributed by atoms with Crippen molar-refractivity contribution in [2.75, 3.05) is 13.7 Å². The topological polar surface area (TPSA) is 80.9 Å². The maximum absolute atomic E-state index is 12.0. The number of rotatable bonds is 9. The van der Waals surface area contributed by atoms with Crippen LogP contribution in [0.5, 0.6) is 17.2 Å². The summed E-state index contributed by atoms with van der Waals surface area (Å²) in [6, 6.07) is 10.8. The Labute approximate surface area is 176 Å². The molecule has 30 heavy (non-hydrogen) atoms. The van der Waals surface area contributed by atoms with E-state index in [1.165, 1.54) is 12.1 Å². The van der Waals surface area contributed by atoms with Gasteiger partial charge in [-0.2, -0.15) is 0 Å². The monoisotopic (exact) mass is 411 g/mol. The van der Waals surface area contributed by atoms with Gasteiger partial charge >= 0.3 is 5.63 Å². The van der Waals surface area contributed by atoms with Crippen molar-refractivity contribution in [1.29, 1.82) is 0 Å². The van der Waals surface area contributed by atoms with E-state index in [-0.39, 0.29) is 11.8 Å². The van der Waals surface area contributed by atoms with Crippen LogP contribution in [0, 0.1) is 0 Å². The minimum Gasteiger partial charge on any atom is -0.508 e. The summed E-state index contributed by atoms with van der Waals surface area (Å²) in [5.74, 6) is 1.57. The summed E-state index contributed by atoms with van der Waals surface area (Å²) in [6.45, 7) is 7.21. The zero-order valence-electron chi connectivity index (χ0n) is 18.0. The van der Waals surface area contributed by atoms with E-state index in [1.807, 2.05) is 31.2 Å². The summed E-state index contributed by atoms with van der Waals surface area (Å²) >= 11 is 0.